The fourth-order valence-corrected chi connectivity index (χ4v) is 1.13. The molecular weight excluding hydrogens is 168 g/mol. The van der Waals surface area contributed by atoms with Gasteiger partial charge in [-0.1, -0.05) is 6.42 Å². The Morgan fingerprint density at radius 1 is 1.46 bits per heavy atom. The lowest BCUT2D eigenvalue weighted by Gasteiger charge is -2.13. The molecule has 0 aliphatic carbocycles. The minimum absolute atomic E-state index is 0.113. The molecule has 0 saturated carbocycles. The molecule has 0 aliphatic heterocycles. The fourth-order valence-electron chi connectivity index (χ4n) is 1.13. The molecule has 0 aromatic rings. The Bertz CT molecular complexity index is 140. The van der Waals surface area contributed by atoms with E-state index >= 15 is 0 Å². The third kappa shape index (κ3) is 6.65. The lowest BCUT2D eigenvalue weighted by atomic mass is 10.1. The summed E-state index contributed by atoms with van der Waals surface area (Å²) in [5.41, 5.74) is 5.02. The van der Waals surface area contributed by atoms with Crippen molar-refractivity contribution in [3.63, 3.8) is 0 Å². The molecule has 13 heavy (non-hydrogen) atoms. The van der Waals surface area contributed by atoms with Crippen LogP contribution >= 0.6 is 0 Å². The molecule has 0 saturated heterocycles. The molecule has 5 heteroatoms. The molecule has 0 aliphatic rings. The van der Waals surface area contributed by atoms with E-state index in [4.69, 9.17) is 5.84 Å². The van der Waals surface area contributed by atoms with Crippen molar-refractivity contribution in [2.45, 2.75) is 32.2 Å². The van der Waals surface area contributed by atoms with Gasteiger partial charge in [-0.3, -0.25) is 10.6 Å². The zero-order valence-corrected chi connectivity index (χ0v) is 8.39. The van der Waals surface area contributed by atoms with E-state index in [-0.39, 0.29) is 11.8 Å². The molecular formula is C8H20N4O. The summed E-state index contributed by atoms with van der Waals surface area (Å²) < 4.78 is 0. The highest BCUT2D eigenvalue weighted by Gasteiger charge is 2.11. The second-order valence-corrected chi connectivity index (χ2v) is 3.05. The maximum Gasteiger partial charge on any atom is 0.148 e. The van der Waals surface area contributed by atoms with E-state index in [1.807, 2.05) is 7.05 Å². The number of Topliss-reactive ketones (excluding diaryl/α,β-unsaturated/α-hetero) is 1. The molecule has 0 rings (SSSR count). The molecule has 0 aromatic carbocycles. The first-order valence-corrected chi connectivity index (χ1v) is 4.58. The number of hydrogen-bond donors (Lipinski definition) is 4. The van der Waals surface area contributed by atoms with Crippen LogP contribution in [0.2, 0.25) is 0 Å². The van der Waals surface area contributed by atoms with Gasteiger partial charge in [0.15, 0.2) is 0 Å². The van der Waals surface area contributed by atoms with Gasteiger partial charge >= 0.3 is 0 Å². The highest BCUT2D eigenvalue weighted by Crippen LogP contribution is 2.00. The van der Waals surface area contributed by atoms with Gasteiger partial charge in [0.05, 0.1) is 6.04 Å². The van der Waals surface area contributed by atoms with E-state index in [0.29, 0.717) is 0 Å². The van der Waals surface area contributed by atoms with Crippen molar-refractivity contribution in [3.8, 4) is 0 Å². The van der Waals surface area contributed by atoms with Gasteiger partial charge in [0.25, 0.3) is 0 Å². The maximum absolute atomic E-state index is 11.0. The molecule has 0 amide bonds. The van der Waals surface area contributed by atoms with Crippen molar-refractivity contribution in [1.82, 2.24) is 16.3 Å². The maximum atomic E-state index is 11.0. The van der Waals surface area contributed by atoms with Crippen molar-refractivity contribution < 1.29 is 4.79 Å². The molecule has 0 bridgehead atoms. The van der Waals surface area contributed by atoms with Crippen LogP contribution in [0.1, 0.15) is 26.2 Å². The number of nitrogens with one attached hydrogen (secondary N) is 3. The number of nitrogens with two attached hydrogens (primary N) is 1. The van der Waals surface area contributed by atoms with Gasteiger partial charge in [0.1, 0.15) is 5.78 Å². The van der Waals surface area contributed by atoms with Gasteiger partial charge in [0, 0.05) is 0 Å². The molecule has 0 spiro atoms. The number of ketones is 1. The number of hydrazine groups is 2. The Morgan fingerprint density at radius 2 is 2.15 bits per heavy atom. The number of hydrogen-bond acceptors (Lipinski definition) is 5. The van der Waals surface area contributed by atoms with Crippen LogP contribution in [0.5, 0.6) is 0 Å². The second-order valence-electron chi connectivity index (χ2n) is 3.05. The standard InChI is InChI=1S/C8H20N4O/c1-7(13)8(11-12-9)5-3-4-6-10-2/h8,10-12H,3-6,9H2,1-2H3. The van der Waals surface area contributed by atoms with E-state index in [2.05, 4.69) is 16.3 Å². The molecule has 5 N–H and O–H groups in total. The first-order chi connectivity index (χ1) is 6.22. The summed E-state index contributed by atoms with van der Waals surface area (Å²) in [6, 6.07) is -0.165. The van der Waals surface area contributed by atoms with Gasteiger partial charge in [0.2, 0.25) is 0 Å². The normalized spacial score (nSPS) is 12.8. The quantitative estimate of drug-likeness (QED) is 0.230. The smallest absolute Gasteiger partial charge is 0.148 e. The Hall–Kier alpha value is -0.490. The third-order valence-corrected chi connectivity index (χ3v) is 1.92. The molecule has 0 heterocycles. The lowest BCUT2D eigenvalue weighted by molar-refractivity contribution is -0.119. The molecule has 0 radical (unpaired) electrons. The van der Waals surface area contributed by atoms with E-state index in [1.54, 1.807) is 6.92 Å². The topological polar surface area (TPSA) is 79.2 Å². The van der Waals surface area contributed by atoms with Crippen molar-refractivity contribution in [2.75, 3.05) is 13.6 Å². The number of carbonyl (C=O) groups excluding carboxylic acids is 1. The Kier molecular flexibility index (Phi) is 7.82. The first kappa shape index (κ1) is 12.5. The van der Waals surface area contributed by atoms with E-state index in [0.717, 1.165) is 25.8 Å². The predicted molar refractivity (Wildman–Crippen MR) is 52.7 cm³/mol. The Morgan fingerprint density at radius 3 is 2.62 bits per heavy atom. The van der Waals surface area contributed by atoms with Crippen LogP contribution in [0, 0.1) is 0 Å². The van der Waals surface area contributed by atoms with Gasteiger partial charge in [-0.15, -0.1) is 0 Å². The first-order valence-electron chi connectivity index (χ1n) is 4.58. The second kappa shape index (κ2) is 8.12. The third-order valence-electron chi connectivity index (χ3n) is 1.92. The monoisotopic (exact) mass is 188 g/mol. The Balaban J connectivity index is 3.51. The average molecular weight is 188 g/mol. The summed E-state index contributed by atoms with van der Waals surface area (Å²) in [4.78, 5) is 11.0. The van der Waals surface area contributed by atoms with Crippen LogP contribution in [-0.4, -0.2) is 25.4 Å². The molecule has 78 valence electrons. The Labute approximate surface area is 79.4 Å². The van der Waals surface area contributed by atoms with E-state index in [1.165, 1.54) is 0 Å². The summed E-state index contributed by atoms with van der Waals surface area (Å²) in [5.74, 6) is 5.19. The van der Waals surface area contributed by atoms with Crippen LogP contribution in [0.4, 0.5) is 0 Å². The number of carbonyl (C=O) groups is 1. The van der Waals surface area contributed by atoms with Gasteiger partial charge in [-0.25, -0.2) is 5.43 Å². The van der Waals surface area contributed by atoms with Gasteiger partial charge in [-0.05, 0) is 33.4 Å². The number of unbranched alkanes of at least 4 members (excludes halogenated alkanes) is 1. The molecule has 0 fully saturated rings. The van der Waals surface area contributed by atoms with Gasteiger partial charge in [-0.2, -0.15) is 5.53 Å². The highest BCUT2D eigenvalue weighted by molar-refractivity contribution is 5.81. The summed E-state index contributed by atoms with van der Waals surface area (Å²) >= 11 is 0. The highest BCUT2D eigenvalue weighted by atomic mass is 16.1. The lowest BCUT2D eigenvalue weighted by Crippen LogP contribution is -2.48. The minimum atomic E-state index is -0.165. The summed E-state index contributed by atoms with van der Waals surface area (Å²) in [6.07, 6.45) is 2.91. The summed E-state index contributed by atoms with van der Waals surface area (Å²) in [5, 5.41) is 3.06. The van der Waals surface area contributed by atoms with Crippen LogP contribution in [-0.2, 0) is 4.79 Å². The fraction of sp³-hybridized carbons (Fsp3) is 0.875. The minimum Gasteiger partial charge on any atom is -0.320 e. The van der Waals surface area contributed by atoms with Crippen molar-refractivity contribution in [1.29, 1.82) is 0 Å². The number of rotatable bonds is 8. The van der Waals surface area contributed by atoms with Crippen molar-refractivity contribution in [3.05, 3.63) is 0 Å². The SMILES string of the molecule is CNCCCCC(NNN)C(C)=O. The summed E-state index contributed by atoms with van der Waals surface area (Å²) in [7, 11) is 1.92. The van der Waals surface area contributed by atoms with Crippen LogP contribution in [0.25, 0.3) is 0 Å². The van der Waals surface area contributed by atoms with Gasteiger partial charge < -0.3 is 5.32 Å². The average Bonchev–Trinajstić information content (AvgIpc) is 2.10. The molecule has 1 unspecified atom stereocenters. The molecule has 0 aromatic heterocycles. The molecule has 1 atom stereocenters. The zero-order valence-electron chi connectivity index (χ0n) is 8.39. The van der Waals surface area contributed by atoms with Crippen molar-refractivity contribution in [2.24, 2.45) is 5.84 Å². The zero-order chi connectivity index (χ0) is 10.1. The van der Waals surface area contributed by atoms with Crippen LogP contribution in [0.3, 0.4) is 0 Å². The van der Waals surface area contributed by atoms with Crippen LogP contribution < -0.4 is 22.1 Å². The van der Waals surface area contributed by atoms with Crippen molar-refractivity contribution >= 4 is 5.78 Å². The van der Waals surface area contributed by atoms with E-state index in [9.17, 15) is 4.79 Å². The summed E-state index contributed by atoms with van der Waals surface area (Å²) in [6.45, 7) is 2.55. The molecule has 5 nitrogen and oxygen atoms in total. The van der Waals surface area contributed by atoms with Crippen LogP contribution in [0.15, 0.2) is 0 Å². The van der Waals surface area contributed by atoms with E-state index < -0.39 is 0 Å². The largest absolute Gasteiger partial charge is 0.320 e. The predicted octanol–water partition coefficient (Wildman–Crippen LogP) is -0.698.